The third-order valence-corrected chi connectivity index (χ3v) is 5.23. The van der Waals surface area contributed by atoms with Crippen LogP contribution in [-0.2, 0) is 13.8 Å². The summed E-state index contributed by atoms with van der Waals surface area (Å²) in [6.07, 6.45) is 2.19. The Morgan fingerprint density at radius 3 is 2.58 bits per heavy atom. The Kier molecular flexibility index (Phi) is 4.23. The van der Waals surface area contributed by atoms with E-state index in [2.05, 4.69) is 21.2 Å². The standard InChI is InChI=1S/C12H13BrClNO3S/c1-7(8-2-3-8)12(16)15-11-5-4-9(6-10(11)13)19(14,17)18/h4-8H,2-3H2,1H3,(H,15,16). The van der Waals surface area contributed by atoms with Crippen LogP contribution in [0.15, 0.2) is 27.6 Å². The fourth-order valence-electron chi connectivity index (χ4n) is 1.81. The first-order valence-corrected chi connectivity index (χ1v) is 8.94. The van der Waals surface area contributed by atoms with Gasteiger partial charge >= 0.3 is 0 Å². The maximum absolute atomic E-state index is 12.0. The largest absolute Gasteiger partial charge is 0.325 e. The Labute approximate surface area is 125 Å². The number of carbonyl (C=O) groups excluding carboxylic acids is 1. The smallest absolute Gasteiger partial charge is 0.261 e. The van der Waals surface area contributed by atoms with Crippen LogP contribution in [0.3, 0.4) is 0 Å². The highest BCUT2D eigenvalue weighted by Crippen LogP contribution is 2.37. The summed E-state index contributed by atoms with van der Waals surface area (Å²) in [4.78, 5) is 11.9. The summed E-state index contributed by atoms with van der Waals surface area (Å²) in [5.41, 5.74) is 0.543. The molecule has 1 fully saturated rings. The second-order valence-corrected chi connectivity index (χ2v) is 8.12. The summed E-state index contributed by atoms with van der Waals surface area (Å²) < 4.78 is 22.9. The Bertz CT molecular complexity index is 613. The molecule has 19 heavy (non-hydrogen) atoms. The van der Waals surface area contributed by atoms with Gasteiger partial charge in [0.15, 0.2) is 0 Å². The first kappa shape index (κ1) is 14.8. The molecule has 104 valence electrons. The average Bonchev–Trinajstić information content (AvgIpc) is 3.13. The van der Waals surface area contributed by atoms with Crippen LogP contribution < -0.4 is 5.32 Å². The van der Waals surface area contributed by atoms with Gasteiger partial charge in [-0.15, -0.1) is 0 Å². The molecule has 0 aliphatic heterocycles. The van der Waals surface area contributed by atoms with Gasteiger partial charge in [-0.25, -0.2) is 8.42 Å². The normalized spacial score (nSPS) is 17.0. The van der Waals surface area contributed by atoms with Crippen molar-refractivity contribution in [2.24, 2.45) is 11.8 Å². The highest BCUT2D eigenvalue weighted by molar-refractivity contribution is 9.10. The molecule has 7 heteroatoms. The third kappa shape index (κ3) is 3.70. The molecule has 2 rings (SSSR count). The minimum Gasteiger partial charge on any atom is -0.325 e. The van der Waals surface area contributed by atoms with E-state index in [-0.39, 0.29) is 16.7 Å². The number of amides is 1. The lowest BCUT2D eigenvalue weighted by Gasteiger charge is -2.12. The summed E-state index contributed by atoms with van der Waals surface area (Å²) in [5.74, 6) is 0.397. The molecule has 0 heterocycles. The number of anilines is 1. The molecule has 4 nitrogen and oxygen atoms in total. The molecule has 1 aromatic carbocycles. The lowest BCUT2D eigenvalue weighted by atomic mass is 10.1. The first-order valence-electron chi connectivity index (χ1n) is 5.84. The van der Waals surface area contributed by atoms with Gasteiger partial charge in [0.2, 0.25) is 5.91 Å². The first-order chi connectivity index (χ1) is 8.79. The van der Waals surface area contributed by atoms with Crippen LogP contribution in [0.25, 0.3) is 0 Å². The van der Waals surface area contributed by atoms with Crippen LogP contribution in [-0.4, -0.2) is 14.3 Å². The number of carbonyl (C=O) groups is 1. The SMILES string of the molecule is CC(C(=O)Nc1ccc(S(=O)(=O)Cl)cc1Br)C1CC1. The molecular formula is C12H13BrClNO3S. The van der Waals surface area contributed by atoms with Crippen molar-refractivity contribution in [3.8, 4) is 0 Å². The van der Waals surface area contributed by atoms with Crippen LogP contribution in [0.1, 0.15) is 19.8 Å². The van der Waals surface area contributed by atoms with Gasteiger partial charge in [-0.3, -0.25) is 4.79 Å². The minimum atomic E-state index is -3.76. The molecule has 1 amide bonds. The van der Waals surface area contributed by atoms with E-state index in [1.165, 1.54) is 18.2 Å². The summed E-state index contributed by atoms with van der Waals surface area (Å²) in [7, 11) is 1.49. The van der Waals surface area contributed by atoms with Gasteiger partial charge in [-0.1, -0.05) is 6.92 Å². The number of hydrogen-bond donors (Lipinski definition) is 1. The topological polar surface area (TPSA) is 63.2 Å². The van der Waals surface area contributed by atoms with E-state index >= 15 is 0 Å². The van der Waals surface area contributed by atoms with Crippen molar-refractivity contribution in [3.63, 3.8) is 0 Å². The summed E-state index contributed by atoms with van der Waals surface area (Å²) in [5, 5.41) is 2.79. The monoisotopic (exact) mass is 365 g/mol. The van der Waals surface area contributed by atoms with Crippen molar-refractivity contribution in [1.29, 1.82) is 0 Å². The van der Waals surface area contributed by atoms with Gasteiger partial charge in [0.1, 0.15) is 0 Å². The zero-order valence-electron chi connectivity index (χ0n) is 10.2. The third-order valence-electron chi connectivity index (χ3n) is 3.22. The van der Waals surface area contributed by atoms with E-state index in [1.54, 1.807) is 0 Å². The van der Waals surface area contributed by atoms with Crippen molar-refractivity contribution >= 4 is 47.3 Å². The Balaban J connectivity index is 2.15. The van der Waals surface area contributed by atoms with Gasteiger partial charge in [-0.2, -0.15) is 0 Å². The molecule has 0 aromatic heterocycles. The van der Waals surface area contributed by atoms with Gasteiger partial charge in [0, 0.05) is 21.1 Å². The Morgan fingerprint density at radius 1 is 1.47 bits per heavy atom. The van der Waals surface area contributed by atoms with E-state index in [0.29, 0.717) is 16.1 Å². The van der Waals surface area contributed by atoms with Gasteiger partial charge in [0.05, 0.1) is 10.6 Å². The van der Waals surface area contributed by atoms with Gasteiger partial charge < -0.3 is 5.32 Å². The molecule has 1 aromatic rings. The molecule has 1 aliphatic carbocycles. The quantitative estimate of drug-likeness (QED) is 0.831. The fraction of sp³-hybridized carbons (Fsp3) is 0.417. The number of benzene rings is 1. The lowest BCUT2D eigenvalue weighted by molar-refractivity contribution is -0.119. The van der Waals surface area contributed by atoms with Crippen LogP contribution in [0.5, 0.6) is 0 Å². The fourth-order valence-corrected chi connectivity index (χ4v) is 3.21. The predicted octanol–water partition coefficient (Wildman–Crippen LogP) is 3.36. The molecule has 0 radical (unpaired) electrons. The predicted molar refractivity (Wildman–Crippen MR) is 77.7 cm³/mol. The zero-order valence-corrected chi connectivity index (χ0v) is 13.3. The highest BCUT2D eigenvalue weighted by Gasteiger charge is 2.32. The van der Waals surface area contributed by atoms with Crippen molar-refractivity contribution < 1.29 is 13.2 Å². The van der Waals surface area contributed by atoms with Crippen LogP contribution >= 0.6 is 26.6 Å². The number of halogens is 2. The Morgan fingerprint density at radius 2 is 2.11 bits per heavy atom. The van der Waals surface area contributed by atoms with Crippen molar-refractivity contribution in [1.82, 2.24) is 0 Å². The van der Waals surface area contributed by atoms with Crippen molar-refractivity contribution in [3.05, 3.63) is 22.7 Å². The number of hydrogen-bond acceptors (Lipinski definition) is 3. The van der Waals surface area contributed by atoms with Gasteiger partial charge in [-0.05, 0) is 52.9 Å². The maximum atomic E-state index is 12.0. The van der Waals surface area contributed by atoms with E-state index in [4.69, 9.17) is 10.7 Å². The molecular weight excluding hydrogens is 354 g/mol. The molecule has 1 N–H and O–H groups in total. The summed E-state index contributed by atoms with van der Waals surface area (Å²) in [6.45, 7) is 1.90. The van der Waals surface area contributed by atoms with Crippen molar-refractivity contribution in [2.45, 2.75) is 24.7 Å². The molecule has 1 saturated carbocycles. The minimum absolute atomic E-state index is 0.00529. The van der Waals surface area contributed by atoms with Crippen LogP contribution in [0.4, 0.5) is 5.69 Å². The molecule has 0 spiro atoms. The number of rotatable bonds is 4. The second kappa shape index (κ2) is 5.42. The molecule has 1 atom stereocenters. The molecule has 0 saturated heterocycles. The summed E-state index contributed by atoms with van der Waals surface area (Å²) >= 11 is 3.23. The van der Waals surface area contributed by atoms with Crippen molar-refractivity contribution in [2.75, 3.05) is 5.32 Å². The van der Waals surface area contributed by atoms with Crippen LogP contribution in [0.2, 0.25) is 0 Å². The highest BCUT2D eigenvalue weighted by atomic mass is 79.9. The van der Waals surface area contributed by atoms with Crippen LogP contribution in [0, 0.1) is 11.8 Å². The van der Waals surface area contributed by atoms with E-state index in [0.717, 1.165) is 12.8 Å². The molecule has 1 aliphatic rings. The number of nitrogens with one attached hydrogen (secondary N) is 1. The average molecular weight is 367 g/mol. The van der Waals surface area contributed by atoms with Gasteiger partial charge in [0.25, 0.3) is 9.05 Å². The summed E-state index contributed by atoms with van der Waals surface area (Å²) in [6, 6.07) is 4.26. The zero-order chi connectivity index (χ0) is 14.2. The molecule has 1 unspecified atom stereocenters. The van der Waals surface area contributed by atoms with E-state index in [9.17, 15) is 13.2 Å². The maximum Gasteiger partial charge on any atom is 0.261 e. The Hall–Kier alpha value is -0.590. The lowest BCUT2D eigenvalue weighted by Crippen LogP contribution is -2.22. The van der Waals surface area contributed by atoms with E-state index < -0.39 is 9.05 Å². The van der Waals surface area contributed by atoms with E-state index in [1.807, 2.05) is 6.92 Å². The molecule has 0 bridgehead atoms. The second-order valence-electron chi connectivity index (χ2n) is 4.69.